The monoisotopic (exact) mass is 111 g/mol. The van der Waals surface area contributed by atoms with Crippen LogP contribution in [0.25, 0.3) is 0 Å². The Labute approximate surface area is 49.2 Å². The number of amidine groups is 1. The molecule has 2 rings (SSSR count). The van der Waals surface area contributed by atoms with Crippen molar-refractivity contribution in [3.05, 3.63) is 0 Å². The van der Waals surface area contributed by atoms with Gasteiger partial charge in [0.05, 0.1) is 13.0 Å². The average Bonchev–Trinajstić information content (AvgIpc) is 2.15. The summed E-state index contributed by atoms with van der Waals surface area (Å²) in [5.74, 6) is 1.49. The van der Waals surface area contributed by atoms with E-state index in [1.165, 1.54) is 38.3 Å². The van der Waals surface area contributed by atoms with Gasteiger partial charge in [0.1, 0.15) is 13.1 Å². The Morgan fingerprint density at radius 3 is 3.25 bits per heavy atom. The molecule has 0 amide bonds. The van der Waals surface area contributed by atoms with Crippen LogP contribution in [-0.4, -0.2) is 30.0 Å². The van der Waals surface area contributed by atoms with E-state index in [1.807, 2.05) is 0 Å². The Morgan fingerprint density at radius 2 is 2.38 bits per heavy atom. The van der Waals surface area contributed by atoms with Crippen LogP contribution in [0.4, 0.5) is 0 Å². The number of nitrogens with zero attached hydrogens (tertiary/aromatic N) is 1. The van der Waals surface area contributed by atoms with Crippen LogP contribution < -0.4 is 5.32 Å². The fourth-order valence-electron chi connectivity index (χ4n) is 1.51. The fraction of sp³-hybridized carbons (Fsp3) is 0.833. The Hall–Kier alpha value is -0.530. The number of nitrogens with one attached hydrogen (secondary N) is 1. The van der Waals surface area contributed by atoms with Gasteiger partial charge in [-0.25, -0.2) is 0 Å². The molecule has 44 valence electrons. The summed E-state index contributed by atoms with van der Waals surface area (Å²) in [7, 11) is 0. The Morgan fingerprint density at radius 1 is 1.38 bits per heavy atom. The Balaban J connectivity index is 2.23. The minimum Gasteiger partial charge on any atom is -0.274 e. The second-order valence-corrected chi connectivity index (χ2v) is 2.46. The van der Waals surface area contributed by atoms with E-state index >= 15 is 0 Å². The van der Waals surface area contributed by atoms with Crippen LogP contribution in [0.3, 0.4) is 0 Å². The highest BCUT2D eigenvalue weighted by Crippen LogP contribution is 2.04. The van der Waals surface area contributed by atoms with Crippen molar-refractivity contribution in [2.75, 3.05) is 19.6 Å². The molecule has 2 aliphatic rings. The van der Waals surface area contributed by atoms with Gasteiger partial charge >= 0.3 is 0 Å². The van der Waals surface area contributed by atoms with Gasteiger partial charge in [-0.2, -0.15) is 0 Å². The van der Waals surface area contributed by atoms with Crippen molar-refractivity contribution in [3.8, 4) is 0 Å². The van der Waals surface area contributed by atoms with E-state index in [1.54, 1.807) is 0 Å². The summed E-state index contributed by atoms with van der Waals surface area (Å²) in [6, 6.07) is 0. The summed E-state index contributed by atoms with van der Waals surface area (Å²) >= 11 is 0. The summed E-state index contributed by atoms with van der Waals surface area (Å²) in [5.41, 5.74) is 0. The van der Waals surface area contributed by atoms with Gasteiger partial charge in [-0.1, -0.05) is 0 Å². The van der Waals surface area contributed by atoms with Crippen LogP contribution in [0.15, 0.2) is 0 Å². The molecule has 0 unspecified atom stereocenters. The molecule has 0 atom stereocenters. The lowest BCUT2D eigenvalue weighted by atomic mass is 10.3. The highest BCUT2D eigenvalue weighted by Gasteiger charge is 2.24. The van der Waals surface area contributed by atoms with Crippen molar-refractivity contribution < 1.29 is 4.58 Å². The van der Waals surface area contributed by atoms with E-state index in [4.69, 9.17) is 0 Å². The highest BCUT2D eigenvalue weighted by molar-refractivity contribution is 5.79. The SMILES string of the molecule is C1CC2=[N+](C1)CCN2. The van der Waals surface area contributed by atoms with Crippen molar-refractivity contribution in [3.63, 3.8) is 0 Å². The summed E-state index contributed by atoms with van der Waals surface area (Å²) in [5, 5.41) is 3.36. The lowest BCUT2D eigenvalue weighted by Crippen LogP contribution is -2.17. The smallest absolute Gasteiger partial charge is 0.245 e. The zero-order valence-electron chi connectivity index (χ0n) is 4.98. The lowest BCUT2D eigenvalue weighted by Gasteiger charge is -1.87. The second kappa shape index (κ2) is 1.47. The van der Waals surface area contributed by atoms with Crippen molar-refractivity contribution in [2.45, 2.75) is 12.8 Å². The van der Waals surface area contributed by atoms with Crippen molar-refractivity contribution >= 4 is 5.84 Å². The number of hydrogen-bond donors (Lipinski definition) is 1. The van der Waals surface area contributed by atoms with Gasteiger partial charge in [-0.15, -0.1) is 0 Å². The van der Waals surface area contributed by atoms with Gasteiger partial charge in [-0.3, -0.25) is 9.89 Å². The summed E-state index contributed by atoms with van der Waals surface area (Å²) < 4.78 is 2.44. The molecule has 0 saturated carbocycles. The maximum absolute atomic E-state index is 3.36. The zero-order valence-corrected chi connectivity index (χ0v) is 4.98. The first-order valence-corrected chi connectivity index (χ1v) is 3.31. The van der Waals surface area contributed by atoms with E-state index in [-0.39, 0.29) is 0 Å². The summed E-state index contributed by atoms with van der Waals surface area (Å²) in [6.45, 7) is 3.72. The normalized spacial score (nSPS) is 26.0. The Kier molecular flexibility index (Phi) is 0.802. The van der Waals surface area contributed by atoms with Gasteiger partial charge in [0, 0.05) is 0 Å². The third kappa shape index (κ3) is 0.457. The predicted octanol–water partition coefficient (Wildman–Crippen LogP) is -0.206. The van der Waals surface area contributed by atoms with Crippen LogP contribution in [-0.2, 0) is 0 Å². The average molecular weight is 111 g/mol. The first-order chi connectivity index (χ1) is 3.97. The molecule has 0 radical (unpaired) electrons. The largest absolute Gasteiger partial charge is 0.274 e. The number of rotatable bonds is 0. The minimum absolute atomic E-state index is 1.18. The molecule has 0 spiro atoms. The molecule has 0 aliphatic carbocycles. The highest BCUT2D eigenvalue weighted by atomic mass is 15.2. The molecular formula is C6H11N2+. The molecule has 8 heavy (non-hydrogen) atoms. The first-order valence-electron chi connectivity index (χ1n) is 3.31. The Bertz CT molecular complexity index is 109. The van der Waals surface area contributed by atoms with E-state index in [9.17, 15) is 0 Å². The van der Waals surface area contributed by atoms with Gasteiger partial charge in [0.2, 0.25) is 5.84 Å². The molecule has 0 aromatic carbocycles. The predicted molar refractivity (Wildman–Crippen MR) is 32.2 cm³/mol. The summed E-state index contributed by atoms with van der Waals surface area (Å²) in [4.78, 5) is 0. The van der Waals surface area contributed by atoms with Gasteiger partial charge < -0.3 is 0 Å². The third-order valence-corrected chi connectivity index (χ3v) is 1.93. The zero-order chi connectivity index (χ0) is 5.40. The maximum atomic E-state index is 3.36. The van der Waals surface area contributed by atoms with Crippen molar-refractivity contribution in [1.29, 1.82) is 0 Å². The number of hydrogen-bond acceptors (Lipinski definition) is 1. The minimum atomic E-state index is 1.18. The van der Waals surface area contributed by atoms with Crippen molar-refractivity contribution in [1.82, 2.24) is 5.32 Å². The standard InChI is InChI=1S/C6H10N2/c1-2-6-7-3-5-8(6)4-1/h1-5H2/p+1. The van der Waals surface area contributed by atoms with Crippen LogP contribution >= 0.6 is 0 Å². The summed E-state index contributed by atoms with van der Waals surface area (Å²) in [6.07, 6.45) is 2.66. The topological polar surface area (TPSA) is 15.0 Å². The molecule has 2 heterocycles. The van der Waals surface area contributed by atoms with Crippen LogP contribution in [0.2, 0.25) is 0 Å². The quantitative estimate of drug-likeness (QED) is 0.428. The van der Waals surface area contributed by atoms with Gasteiger partial charge in [-0.05, 0) is 6.42 Å². The molecule has 1 N–H and O–H groups in total. The van der Waals surface area contributed by atoms with Gasteiger partial charge in [0.15, 0.2) is 0 Å². The van der Waals surface area contributed by atoms with E-state index in [0.29, 0.717) is 0 Å². The fourth-order valence-corrected chi connectivity index (χ4v) is 1.51. The van der Waals surface area contributed by atoms with E-state index in [2.05, 4.69) is 9.89 Å². The second-order valence-electron chi connectivity index (χ2n) is 2.46. The van der Waals surface area contributed by atoms with Gasteiger partial charge in [0.25, 0.3) is 0 Å². The molecule has 0 aromatic rings. The maximum Gasteiger partial charge on any atom is 0.245 e. The molecule has 2 heteroatoms. The molecule has 0 saturated heterocycles. The lowest BCUT2D eigenvalue weighted by molar-refractivity contribution is -0.509. The molecular weight excluding hydrogens is 100 g/mol. The molecule has 0 aromatic heterocycles. The van der Waals surface area contributed by atoms with Crippen LogP contribution in [0, 0.1) is 0 Å². The molecule has 0 fully saturated rings. The molecule has 2 aliphatic heterocycles. The van der Waals surface area contributed by atoms with Crippen LogP contribution in [0.1, 0.15) is 12.8 Å². The van der Waals surface area contributed by atoms with E-state index in [0.717, 1.165) is 0 Å². The molecule has 0 bridgehead atoms. The van der Waals surface area contributed by atoms with Crippen molar-refractivity contribution in [2.24, 2.45) is 0 Å². The van der Waals surface area contributed by atoms with E-state index < -0.39 is 0 Å². The van der Waals surface area contributed by atoms with Crippen LogP contribution in [0.5, 0.6) is 0 Å². The molecule has 2 nitrogen and oxygen atoms in total. The third-order valence-electron chi connectivity index (χ3n) is 1.93. The first kappa shape index (κ1) is 4.36.